The maximum atomic E-state index is 11.3. The van der Waals surface area contributed by atoms with Crippen LogP contribution in [0.1, 0.15) is 12.5 Å². The average Bonchev–Trinajstić information content (AvgIpc) is 2.73. The summed E-state index contributed by atoms with van der Waals surface area (Å²) in [7, 11) is 0. The number of aromatic nitrogens is 2. The van der Waals surface area contributed by atoms with Crippen molar-refractivity contribution in [3.8, 4) is 0 Å². The van der Waals surface area contributed by atoms with E-state index in [0.717, 1.165) is 5.56 Å². The Labute approximate surface area is 105 Å². The first-order valence-corrected chi connectivity index (χ1v) is 5.78. The summed E-state index contributed by atoms with van der Waals surface area (Å²) < 4.78 is 6.41. The van der Waals surface area contributed by atoms with Crippen molar-refractivity contribution in [2.24, 2.45) is 0 Å². The van der Waals surface area contributed by atoms with Crippen molar-refractivity contribution in [1.82, 2.24) is 20.4 Å². The Morgan fingerprint density at radius 1 is 1.44 bits per heavy atom. The number of hydrogen-bond donors (Lipinski definition) is 2. The minimum absolute atomic E-state index is 0.124. The van der Waals surface area contributed by atoms with Gasteiger partial charge in [-0.3, -0.25) is 9.48 Å². The maximum absolute atomic E-state index is 11.3. The number of aryl methyl sites for hydroxylation is 1. The molecule has 100 valence electrons. The molecule has 0 atom stereocenters. The van der Waals surface area contributed by atoms with Gasteiger partial charge in [0.05, 0.1) is 19.3 Å². The zero-order chi connectivity index (χ0) is 13.4. The van der Waals surface area contributed by atoms with E-state index in [4.69, 9.17) is 0 Å². The molecular formula is C11H18N4O3. The molecular weight excluding hydrogens is 236 g/mol. The SMILES string of the molecule is CCOC(=O)CNC(=O)NCCn1cc(C)cn1. The van der Waals surface area contributed by atoms with E-state index >= 15 is 0 Å². The molecule has 18 heavy (non-hydrogen) atoms. The van der Waals surface area contributed by atoms with Crippen molar-refractivity contribution in [3.05, 3.63) is 18.0 Å². The fourth-order valence-electron chi connectivity index (χ4n) is 1.30. The van der Waals surface area contributed by atoms with Crippen molar-refractivity contribution in [1.29, 1.82) is 0 Å². The van der Waals surface area contributed by atoms with Crippen LogP contribution in [0.5, 0.6) is 0 Å². The molecule has 0 unspecified atom stereocenters. The minimum atomic E-state index is -0.449. The van der Waals surface area contributed by atoms with E-state index in [-0.39, 0.29) is 6.54 Å². The summed E-state index contributed by atoms with van der Waals surface area (Å²) in [5.41, 5.74) is 1.07. The van der Waals surface area contributed by atoms with Crippen molar-refractivity contribution >= 4 is 12.0 Å². The first kappa shape index (κ1) is 14.0. The normalized spacial score (nSPS) is 9.89. The van der Waals surface area contributed by atoms with E-state index in [1.807, 2.05) is 13.1 Å². The van der Waals surface area contributed by atoms with E-state index in [0.29, 0.717) is 19.7 Å². The van der Waals surface area contributed by atoms with Crippen LogP contribution in [0, 0.1) is 6.92 Å². The molecule has 7 nitrogen and oxygen atoms in total. The minimum Gasteiger partial charge on any atom is -0.465 e. The summed E-state index contributed by atoms with van der Waals surface area (Å²) in [6.07, 6.45) is 3.64. The average molecular weight is 254 g/mol. The Morgan fingerprint density at radius 2 is 2.22 bits per heavy atom. The number of carbonyl (C=O) groups excluding carboxylic acids is 2. The van der Waals surface area contributed by atoms with Gasteiger partial charge in [0.25, 0.3) is 0 Å². The predicted octanol–water partition coefficient (Wildman–Crippen LogP) is 0.0538. The van der Waals surface area contributed by atoms with Crippen LogP contribution in [0.4, 0.5) is 4.79 Å². The number of urea groups is 1. The van der Waals surface area contributed by atoms with Gasteiger partial charge in [0.2, 0.25) is 0 Å². The van der Waals surface area contributed by atoms with Gasteiger partial charge in [0.1, 0.15) is 6.54 Å². The molecule has 0 radical (unpaired) electrons. The van der Waals surface area contributed by atoms with Crippen LogP contribution >= 0.6 is 0 Å². The highest BCUT2D eigenvalue weighted by Crippen LogP contribution is 1.92. The first-order valence-electron chi connectivity index (χ1n) is 5.78. The Balaban J connectivity index is 2.12. The standard InChI is InChI=1S/C11H18N4O3/c1-3-18-10(16)7-13-11(17)12-4-5-15-8-9(2)6-14-15/h6,8H,3-5,7H2,1-2H3,(H2,12,13,17). The number of rotatable bonds is 6. The maximum Gasteiger partial charge on any atom is 0.325 e. The zero-order valence-corrected chi connectivity index (χ0v) is 10.6. The molecule has 0 aliphatic rings. The quantitative estimate of drug-likeness (QED) is 0.703. The Hall–Kier alpha value is -2.05. The number of nitrogens with one attached hydrogen (secondary N) is 2. The van der Waals surface area contributed by atoms with Gasteiger partial charge in [-0.25, -0.2) is 4.79 Å². The van der Waals surface area contributed by atoms with E-state index in [9.17, 15) is 9.59 Å². The van der Waals surface area contributed by atoms with Crippen LogP contribution < -0.4 is 10.6 Å². The molecule has 1 heterocycles. The molecule has 0 aliphatic heterocycles. The number of ether oxygens (including phenoxy) is 1. The van der Waals surface area contributed by atoms with E-state index in [1.165, 1.54) is 0 Å². The Morgan fingerprint density at radius 3 is 2.83 bits per heavy atom. The monoisotopic (exact) mass is 254 g/mol. The summed E-state index contributed by atoms with van der Waals surface area (Å²) >= 11 is 0. The molecule has 0 aromatic carbocycles. The van der Waals surface area contributed by atoms with Gasteiger partial charge in [-0.05, 0) is 19.4 Å². The van der Waals surface area contributed by atoms with Crippen molar-refractivity contribution in [2.75, 3.05) is 19.7 Å². The number of hydrogen-bond acceptors (Lipinski definition) is 4. The van der Waals surface area contributed by atoms with Gasteiger partial charge < -0.3 is 15.4 Å². The third-order valence-corrected chi connectivity index (χ3v) is 2.09. The summed E-state index contributed by atoms with van der Waals surface area (Å²) in [6.45, 7) is 4.87. The van der Waals surface area contributed by atoms with Crippen LogP contribution in [0.2, 0.25) is 0 Å². The van der Waals surface area contributed by atoms with Crippen LogP contribution in [-0.4, -0.2) is 41.5 Å². The van der Waals surface area contributed by atoms with Gasteiger partial charge in [-0.15, -0.1) is 0 Å². The molecule has 1 aromatic heterocycles. The molecule has 1 rings (SSSR count). The van der Waals surface area contributed by atoms with Crippen molar-refractivity contribution in [3.63, 3.8) is 0 Å². The molecule has 0 aliphatic carbocycles. The highest BCUT2D eigenvalue weighted by Gasteiger charge is 2.04. The molecule has 0 bridgehead atoms. The smallest absolute Gasteiger partial charge is 0.325 e. The highest BCUT2D eigenvalue weighted by molar-refractivity contribution is 5.80. The highest BCUT2D eigenvalue weighted by atomic mass is 16.5. The van der Waals surface area contributed by atoms with Gasteiger partial charge >= 0.3 is 12.0 Å². The van der Waals surface area contributed by atoms with Gasteiger partial charge in [0, 0.05) is 12.7 Å². The molecule has 0 spiro atoms. The Bertz CT molecular complexity index is 403. The molecule has 2 N–H and O–H groups in total. The molecule has 0 saturated heterocycles. The van der Waals surface area contributed by atoms with Crippen molar-refractivity contribution in [2.45, 2.75) is 20.4 Å². The van der Waals surface area contributed by atoms with Gasteiger partial charge in [-0.1, -0.05) is 0 Å². The summed E-state index contributed by atoms with van der Waals surface area (Å²) in [5, 5.41) is 9.11. The van der Waals surface area contributed by atoms with E-state index < -0.39 is 12.0 Å². The van der Waals surface area contributed by atoms with Crippen LogP contribution in [0.3, 0.4) is 0 Å². The fraction of sp³-hybridized carbons (Fsp3) is 0.545. The molecule has 1 aromatic rings. The summed E-state index contributed by atoms with van der Waals surface area (Å²) in [5.74, 6) is -0.449. The molecule has 0 fully saturated rings. The number of nitrogens with zero attached hydrogens (tertiary/aromatic N) is 2. The number of amides is 2. The number of esters is 1. The van der Waals surface area contributed by atoms with Crippen molar-refractivity contribution < 1.29 is 14.3 Å². The lowest BCUT2D eigenvalue weighted by atomic mass is 10.4. The first-order chi connectivity index (χ1) is 8.61. The summed E-state index contributed by atoms with van der Waals surface area (Å²) in [6, 6.07) is -0.396. The lowest BCUT2D eigenvalue weighted by Crippen LogP contribution is -2.40. The van der Waals surface area contributed by atoms with Gasteiger partial charge in [0.15, 0.2) is 0 Å². The lowest BCUT2D eigenvalue weighted by Gasteiger charge is -2.07. The molecule has 2 amide bonds. The molecule has 0 saturated carbocycles. The largest absolute Gasteiger partial charge is 0.465 e. The Kier molecular flexibility index (Phi) is 5.69. The second kappa shape index (κ2) is 7.31. The van der Waals surface area contributed by atoms with Crippen LogP contribution in [0.15, 0.2) is 12.4 Å². The van der Waals surface area contributed by atoms with Crippen LogP contribution in [0.25, 0.3) is 0 Å². The summed E-state index contributed by atoms with van der Waals surface area (Å²) in [4.78, 5) is 22.3. The predicted molar refractivity (Wildman–Crippen MR) is 65.0 cm³/mol. The third-order valence-electron chi connectivity index (χ3n) is 2.09. The topological polar surface area (TPSA) is 85.2 Å². The zero-order valence-electron chi connectivity index (χ0n) is 10.6. The molecule has 7 heteroatoms. The van der Waals surface area contributed by atoms with Gasteiger partial charge in [-0.2, -0.15) is 5.10 Å². The lowest BCUT2D eigenvalue weighted by molar-refractivity contribution is -0.141. The third kappa shape index (κ3) is 5.33. The van der Waals surface area contributed by atoms with Crippen LogP contribution in [-0.2, 0) is 16.1 Å². The second-order valence-electron chi connectivity index (χ2n) is 3.70. The fourth-order valence-corrected chi connectivity index (χ4v) is 1.30. The second-order valence-corrected chi connectivity index (χ2v) is 3.70. The number of carbonyl (C=O) groups is 2. The van der Waals surface area contributed by atoms with E-state index in [1.54, 1.807) is 17.8 Å². The van der Waals surface area contributed by atoms with E-state index in [2.05, 4.69) is 20.5 Å².